The van der Waals surface area contributed by atoms with Gasteiger partial charge >= 0.3 is 6.18 Å². The van der Waals surface area contributed by atoms with Crippen LogP contribution in [0.3, 0.4) is 0 Å². The van der Waals surface area contributed by atoms with Gasteiger partial charge in [0, 0.05) is 32.1 Å². The molecule has 0 aliphatic heterocycles. The summed E-state index contributed by atoms with van der Waals surface area (Å²) in [6.45, 7) is 0.285. The molecule has 0 atom stereocenters. The maximum atomic E-state index is 12.6. The predicted molar refractivity (Wildman–Crippen MR) is 70.8 cm³/mol. The molecule has 0 saturated carbocycles. The highest BCUT2D eigenvalue weighted by Gasteiger charge is 2.32. The van der Waals surface area contributed by atoms with E-state index in [0.29, 0.717) is 6.07 Å². The van der Waals surface area contributed by atoms with Gasteiger partial charge in [-0.05, 0) is 23.8 Å². The number of nitrogens with one attached hydrogen (secondary N) is 1. The fourth-order valence-corrected chi connectivity index (χ4v) is 1.87. The van der Waals surface area contributed by atoms with E-state index in [9.17, 15) is 23.3 Å². The predicted octanol–water partition coefficient (Wildman–Crippen LogP) is 3.56. The number of hydrogen-bond donors (Lipinski definition) is 1. The average Bonchev–Trinajstić information content (AvgIpc) is 2.80. The maximum Gasteiger partial charge on any atom is 0.416 e. The molecule has 2 rings (SSSR count). The molecule has 0 aliphatic rings. The van der Waals surface area contributed by atoms with E-state index >= 15 is 0 Å². The molecular weight excluding hydrogens is 287 g/mol. The molecule has 1 heterocycles. The first-order chi connectivity index (χ1) is 9.77. The number of halogens is 3. The summed E-state index contributed by atoms with van der Waals surface area (Å²) in [6.07, 6.45) is -0.996. The second-order valence-corrected chi connectivity index (χ2v) is 4.53. The molecule has 0 unspecified atom stereocenters. The van der Waals surface area contributed by atoms with Crippen LogP contribution in [0.5, 0.6) is 0 Å². The zero-order valence-electron chi connectivity index (χ0n) is 11.0. The first kappa shape index (κ1) is 14.9. The number of rotatable bonds is 4. The minimum absolute atomic E-state index is 0.0526. The third-order valence-electron chi connectivity index (χ3n) is 2.90. The Labute approximate surface area is 118 Å². The minimum Gasteiger partial charge on any atom is -0.375 e. The second kappa shape index (κ2) is 5.47. The molecule has 0 fully saturated rings. The van der Waals surface area contributed by atoms with Gasteiger partial charge in [0.15, 0.2) is 0 Å². The zero-order valence-corrected chi connectivity index (χ0v) is 11.0. The fourth-order valence-electron chi connectivity index (χ4n) is 1.87. The number of hydrogen-bond acceptors (Lipinski definition) is 3. The van der Waals surface area contributed by atoms with E-state index in [4.69, 9.17) is 0 Å². The zero-order chi connectivity index (χ0) is 15.6. The van der Waals surface area contributed by atoms with E-state index in [1.807, 2.05) is 19.3 Å². The first-order valence-electron chi connectivity index (χ1n) is 5.98. The Morgan fingerprint density at radius 3 is 2.57 bits per heavy atom. The van der Waals surface area contributed by atoms with Crippen molar-refractivity contribution in [3.63, 3.8) is 0 Å². The number of aromatic nitrogens is 1. The van der Waals surface area contributed by atoms with Gasteiger partial charge in [-0.25, -0.2) is 0 Å². The average molecular weight is 299 g/mol. The number of nitro groups is 1. The number of nitro benzene ring substituents is 1. The van der Waals surface area contributed by atoms with Crippen LogP contribution in [0, 0.1) is 10.1 Å². The molecule has 8 heteroatoms. The molecule has 0 bridgehead atoms. The summed E-state index contributed by atoms with van der Waals surface area (Å²) in [4.78, 5) is 10.1. The van der Waals surface area contributed by atoms with Gasteiger partial charge in [-0.3, -0.25) is 10.1 Å². The Bertz CT molecular complexity index is 665. The second-order valence-electron chi connectivity index (χ2n) is 4.53. The summed E-state index contributed by atoms with van der Waals surface area (Å²) >= 11 is 0. The number of nitrogens with zero attached hydrogens (tertiary/aromatic N) is 2. The molecule has 21 heavy (non-hydrogen) atoms. The molecule has 1 N–H and O–H groups in total. The lowest BCUT2D eigenvalue weighted by atomic mass is 10.1. The number of alkyl halides is 3. The van der Waals surface area contributed by atoms with Gasteiger partial charge < -0.3 is 9.88 Å². The van der Waals surface area contributed by atoms with Crippen molar-refractivity contribution in [2.75, 3.05) is 5.32 Å². The number of anilines is 1. The monoisotopic (exact) mass is 299 g/mol. The van der Waals surface area contributed by atoms with E-state index in [2.05, 4.69) is 5.32 Å². The van der Waals surface area contributed by atoms with Gasteiger partial charge in [-0.15, -0.1) is 0 Å². The van der Waals surface area contributed by atoms with Crippen LogP contribution in [0.25, 0.3) is 0 Å². The molecule has 5 nitrogen and oxygen atoms in total. The van der Waals surface area contributed by atoms with Crippen molar-refractivity contribution in [1.82, 2.24) is 4.57 Å². The highest BCUT2D eigenvalue weighted by Crippen LogP contribution is 2.35. The molecule has 112 valence electrons. The molecule has 0 aliphatic carbocycles. The highest BCUT2D eigenvalue weighted by atomic mass is 19.4. The van der Waals surface area contributed by atoms with Gasteiger partial charge in [-0.2, -0.15) is 13.2 Å². The lowest BCUT2D eigenvalue weighted by Gasteiger charge is -2.10. The highest BCUT2D eigenvalue weighted by molar-refractivity contribution is 5.63. The quantitative estimate of drug-likeness (QED) is 0.693. The maximum absolute atomic E-state index is 12.6. The van der Waals surface area contributed by atoms with E-state index in [0.717, 1.165) is 17.7 Å². The molecule has 0 amide bonds. The van der Waals surface area contributed by atoms with Crippen molar-refractivity contribution < 1.29 is 18.1 Å². The molecule has 1 aromatic heterocycles. The summed E-state index contributed by atoms with van der Waals surface area (Å²) in [7, 11) is 1.82. The van der Waals surface area contributed by atoms with E-state index < -0.39 is 22.4 Å². The summed E-state index contributed by atoms with van der Waals surface area (Å²) < 4.78 is 39.5. The van der Waals surface area contributed by atoms with Crippen LogP contribution < -0.4 is 5.32 Å². The minimum atomic E-state index is -4.61. The van der Waals surface area contributed by atoms with Crippen LogP contribution >= 0.6 is 0 Å². The van der Waals surface area contributed by atoms with Crippen LogP contribution in [-0.2, 0) is 19.8 Å². The van der Waals surface area contributed by atoms with Crippen LogP contribution in [-0.4, -0.2) is 9.49 Å². The van der Waals surface area contributed by atoms with E-state index in [1.54, 1.807) is 10.8 Å². The number of aryl methyl sites for hydroxylation is 1. The van der Waals surface area contributed by atoms with Crippen molar-refractivity contribution >= 4 is 11.4 Å². The smallest absolute Gasteiger partial charge is 0.375 e. The summed E-state index contributed by atoms with van der Waals surface area (Å²) in [5.41, 5.74) is -0.719. The fraction of sp³-hybridized carbons (Fsp3) is 0.231. The standard InChI is InChI=1S/C13H12F3N3O2/c1-18-5-4-9(8-18)7-17-11-3-2-10(13(14,15)16)6-12(11)19(20)21/h2-6,8,17H,7H2,1H3. The van der Waals surface area contributed by atoms with Crippen LogP contribution in [0.15, 0.2) is 36.7 Å². The lowest BCUT2D eigenvalue weighted by molar-refractivity contribution is -0.384. The van der Waals surface area contributed by atoms with Gasteiger partial charge in [0.1, 0.15) is 5.69 Å². The SMILES string of the molecule is Cn1ccc(CNc2ccc(C(F)(F)F)cc2[N+](=O)[O-])c1. The van der Waals surface area contributed by atoms with Crippen LogP contribution in [0.1, 0.15) is 11.1 Å². The molecule has 0 spiro atoms. The van der Waals surface area contributed by atoms with Crippen molar-refractivity contribution in [3.8, 4) is 0 Å². The normalized spacial score (nSPS) is 11.4. The molecule has 0 radical (unpaired) electrons. The van der Waals surface area contributed by atoms with Gasteiger partial charge in [0.25, 0.3) is 5.69 Å². The summed E-state index contributed by atoms with van der Waals surface area (Å²) in [5, 5.41) is 13.7. The Hall–Kier alpha value is -2.51. The Balaban J connectivity index is 2.24. The van der Waals surface area contributed by atoms with Crippen molar-refractivity contribution in [1.29, 1.82) is 0 Å². The molecule has 0 saturated heterocycles. The van der Waals surface area contributed by atoms with Crippen LogP contribution in [0.2, 0.25) is 0 Å². The third kappa shape index (κ3) is 3.53. The van der Waals surface area contributed by atoms with E-state index in [1.165, 1.54) is 0 Å². The third-order valence-corrected chi connectivity index (χ3v) is 2.90. The first-order valence-corrected chi connectivity index (χ1v) is 5.98. The summed E-state index contributed by atoms with van der Waals surface area (Å²) in [6, 6.07) is 4.24. The Morgan fingerprint density at radius 1 is 1.33 bits per heavy atom. The number of benzene rings is 1. The Kier molecular flexibility index (Phi) is 3.88. The molecule has 1 aromatic carbocycles. The topological polar surface area (TPSA) is 60.1 Å². The van der Waals surface area contributed by atoms with Crippen LogP contribution in [0.4, 0.5) is 24.5 Å². The van der Waals surface area contributed by atoms with Crippen molar-refractivity contribution in [2.45, 2.75) is 12.7 Å². The van der Waals surface area contributed by atoms with Crippen molar-refractivity contribution in [3.05, 3.63) is 57.9 Å². The summed E-state index contributed by atoms with van der Waals surface area (Å²) in [5.74, 6) is 0. The lowest BCUT2D eigenvalue weighted by Crippen LogP contribution is -2.08. The van der Waals surface area contributed by atoms with E-state index in [-0.39, 0.29) is 12.2 Å². The molecule has 2 aromatic rings. The van der Waals surface area contributed by atoms with Crippen molar-refractivity contribution in [2.24, 2.45) is 7.05 Å². The Morgan fingerprint density at radius 2 is 2.05 bits per heavy atom. The largest absolute Gasteiger partial charge is 0.416 e. The van der Waals surface area contributed by atoms with Gasteiger partial charge in [0.2, 0.25) is 0 Å². The molecular formula is C13H12F3N3O2. The van der Waals surface area contributed by atoms with Gasteiger partial charge in [0.05, 0.1) is 10.5 Å². The van der Waals surface area contributed by atoms with Gasteiger partial charge in [-0.1, -0.05) is 0 Å².